The Labute approximate surface area is 190 Å². The summed E-state index contributed by atoms with van der Waals surface area (Å²) in [6.45, 7) is 7.59. The molecular formula is C26H34N4O2. The fourth-order valence-electron chi connectivity index (χ4n) is 5.39. The summed E-state index contributed by atoms with van der Waals surface area (Å²) in [4.78, 5) is 36.4. The van der Waals surface area contributed by atoms with E-state index in [1.165, 1.54) is 29.9 Å². The Balaban J connectivity index is 1.50. The Kier molecular flexibility index (Phi) is 6.87. The van der Waals surface area contributed by atoms with Crippen molar-refractivity contribution < 1.29 is 9.59 Å². The zero-order valence-corrected chi connectivity index (χ0v) is 19.3. The van der Waals surface area contributed by atoms with Gasteiger partial charge in [0, 0.05) is 31.5 Å². The molecule has 32 heavy (non-hydrogen) atoms. The van der Waals surface area contributed by atoms with Crippen LogP contribution in [0.2, 0.25) is 0 Å². The molecule has 4 rings (SSSR count). The number of hydrogen-bond acceptors (Lipinski definition) is 4. The lowest BCUT2D eigenvalue weighted by molar-refractivity contribution is -0.131. The second kappa shape index (κ2) is 9.80. The molecule has 1 saturated carbocycles. The van der Waals surface area contributed by atoms with Gasteiger partial charge in [-0.1, -0.05) is 44.5 Å². The van der Waals surface area contributed by atoms with E-state index < -0.39 is 0 Å². The SMILES string of the molecule is Cc1ccccc1CCN(CC1CC2CCC(C)C(C)C2NC1=O)C(=O)c1cnccn1. The molecule has 2 amide bonds. The van der Waals surface area contributed by atoms with Gasteiger partial charge in [0.2, 0.25) is 5.91 Å². The van der Waals surface area contributed by atoms with E-state index in [2.05, 4.69) is 48.2 Å². The summed E-state index contributed by atoms with van der Waals surface area (Å²) in [6.07, 6.45) is 8.55. The highest BCUT2D eigenvalue weighted by atomic mass is 16.2. The van der Waals surface area contributed by atoms with E-state index in [4.69, 9.17) is 0 Å². The third-order valence-electron chi connectivity index (χ3n) is 7.65. The Morgan fingerprint density at radius 3 is 2.75 bits per heavy atom. The number of aryl methyl sites for hydroxylation is 1. The fourth-order valence-corrected chi connectivity index (χ4v) is 5.39. The monoisotopic (exact) mass is 434 g/mol. The van der Waals surface area contributed by atoms with Crippen molar-refractivity contribution in [3.63, 3.8) is 0 Å². The molecule has 1 N–H and O–H groups in total. The molecule has 0 radical (unpaired) electrons. The quantitative estimate of drug-likeness (QED) is 0.753. The van der Waals surface area contributed by atoms with Crippen molar-refractivity contribution in [2.24, 2.45) is 23.7 Å². The Morgan fingerprint density at radius 2 is 2.00 bits per heavy atom. The van der Waals surface area contributed by atoms with Crippen LogP contribution in [-0.2, 0) is 11.2 Å². The van der Waals surface area contributed by atoms with Crippen LogP contribution in [0.4, 0.5) is 0 Å². The van der Waals surface area contributed by atoms with Gasteiger partial charge in [-0.05, 0) is 55.1 Å². The van der Waals surface area contributed by atoms with Crippen LogP contribution >= 0.6 is 0 Å². The van der Waals surface area contributed by atoms with Crippen LogP contribution in [0, 0.1) is 30.6 Å². The molecule has 6 heteroatoms. The highest BCUT2D eigenvalue weighted by molar-refractivity contribution is 5.92. The maximum Gasteiger partial charge on any atom is 0.274 e. The Morgan fingerprint density at radius 1 is 1.19 bits per heavy atom. The van der Waals surface area contributed by atoms with Gasteiger partial charge in [-0.3, -0.25) is 14.6 Å². The van der Waals surface area contributed by atoms with Gasteiger partial charge in [0.05, 0.1) is 12.1 Å². The third kappa shape index (κ3) is 4.84. The second-order valence-corrected chi connectivity index (χ2v) is 9.66. The van der Waals surface area contributed by atoms with Crippen LogP contribution in [-0.4, -0.2) is 45.8 Å². The van der Waals surface area contributed by atoms with Gasteiger partial charge in [0.1, 0.15) is 5.69 Å². The molecule has 2 aromatic rings. The zero-order valence-electron chi connectivity index (χ0n) is 19.3. The molecule has 0 spiro atoms. The molecule has 1 aromatic heterocycles. The van der Waals surface area contributed by atoms with Crippen molar-refractivity contribution in [1.29, 1.82) is 0 Å². The van der Waals surface area contributed by atoms with Gasteiger partial charge >= 0.3 is 0 Å². The molecule has 1 aliphatic heterocycles. The number of aromatic nitrogens is 2. The molecule has 2 fully saturated rings. The van der Waals surface area contributed by atoms with E-state index >= 15 is 0 Å². The largest absolute Gasteiger partial charge is 0.353 e. The van der Waals surface area contributed by atoms with Crippen molar-refractivity contribution >= 4 is 11.8 Å². The molecule has 1 saturated heterocycles. The molecule has 1 aliphatic carbocycles. The Bertz CT molecular complexity index is 948. The first-order valence-electron chi connectivity index (χ1n) is 11.8. The van der Waals surface area contributed by atoms with Crippen LogP contribution in [0.15, 0.2) is 42.9 Å². The summed E-state index contributed by atoms with van der Waals surface area (Å²) in [5, 5.41) is 3.31. The average Bonchev–Trinajstić information content (AvgIpc) is 2.81. The second-order valence-electron chi connectivity index (χ2n) is 9.66. The number of amides is 2. The summed E-state index contributed by atoms with van der Waals surface area (Å²) in [5.41, 5.74) is 2.75. The van der Waals surface area contributed by atoms with E-state index in [1.807, 2.05) is 12.1 Å². The first-order chi connectivity index (χ1) is 15.4. The van der Waals surface area contributed by atoms with Crippen LogP contribution in [0.25, 0.3) is 0 Å². The van der Waals surface area contributed by atoms with Crippen molar-refractivity contribution in [3.8, 4) is 0 Å². The predicted octanol–water partition coefficient (Wildman–Crippen LogP) is 3.66. The van der Waals surface area contributed by atoms with Gasteiger partial charge in [0.15, 0.2) is 0 Å². The highest BCUT2D eigenvalue weighted by Crippen LogP contribution is 2.39. The molecule has 0 bridgehead atoms. The van der Waals surface area contributed by atoms with Crippen molar-refractivity contribution in [1.82, 2.24) is 20.2 Å². The first kappa shape index (κ1) is 22.4. The maximum atomic E-state index is 13.3. The van der Waals surface area contributed by atoms with Gasteiger partial charge in [-0.25, -0.2) is 4.98 Å². The number of carbonyl (C=O) groups is 2. The van der Waals surface area contributed by atoms with E-state index in [0.717, 1.165) is 19.3 Å². The lowest BCUT2D eigenvalue weighted by Gasteiger charge is -2.46. The summed E-state index contributed by atoms with van der Waals surface area (Å²) in [6, 6.07) is 8.50. The van der Waals surface area contributed by atoms with Crippen molar-refractivity contribution in [2.45, 2.75) is 52.5 Å². The normalized spacial score (nSPS) is 27.3. The smallest absolute Gasteiger partial charge is 0.274 e. The van der Waals surface area contributed by atoms with Gasteiger partial charge < -0.3 is 10.2 Å². The van der Waals surface area contributed by atoms with E-state index in [1.54, 1.807) is 11.1 Å². The number of rotatable bonds is 6. The summed E-state index contributed by atoms with van der Waals surface area (Å²) in [7, 11) is 0. The number of hydrogen-bond donors (Lipinski definition) is 1. The topological polar surface area (TPSA) is 75.2 Å². The number of piperidine rings is 1. The number of nitrogens with one attached hydrogen (secondary N) is 1. The van der Waals surface area contributed by atoms with Gasteiger partial charge in [-0.15, -0.1) is 0 Å². The third-order valence-corrected chi connectivity index (χ3v) is 7.65. The van der Waals surface area contributed by atoms with Crippen LogP contribution in [0.5, 0.6) is 0 Å². The van der Waals surface area contributed by atoms with Gasteiger partial charge in [0.25, 0.3) is 5.91 Å². The molecule has 2 heterocycles. The van der Waals surface area contributed by atoms with Gasteiger partial charge in [-0.2, -0.15) is 0 Å². The van der Waals surface area contributed by atoms with E-state index in [-0.39, 0.29) is 23.8 Å². The van der Waals surface area contributed by atoms with Crippen LogP contribution < -0.4 is 5.32 Å². The van der Waals surface area contributed by atoms with E-state index in [9.17, 15) is 9.59 Å². The lowest BCUT2D eigenvalue weighted by Crippen LogP contribution is -2.57. The van der Waals surface area contributed by atoms with E-state index in [0.29, 0.717) is 36.5 Å². The number of carbonyl (C=O) groups excluding carboxylic acids is 2. The Hall–Kier alpha value is -2.76. The average molecular weight is 435 g/mol. The number of benzene rings is 1. The molecular weight excluding hydrogens is 400 g/mol. The molecule has 170 valence electrons. The van der Waals surface area contributed by atoms with Crippen molar-refractivity contribution in [3.05, 3.63) is 59.7 Å². The van der Waals surface area contributed by atoms with Crippen LogP contribution in [0.1, 0.15) is 54.7 Å². The summed E-state index contributed by atoms with van der Waals surface area (Å²) >= 11 is 0. The molecule has 5 atom stereocenters. The minimum absolute atomic E-state index is 0.0834. The predicted molar refractivity (Wildman–Crippen MR) is 124 cm³/mol. The van der Waals surface area contributed by atoms with Crippen molar-refractivity contribution in [2.75, 3.05) is 13.1 Å². The highest BCUT2D eigenvalue weighted by Gasteiger charge is 2.42. The summed E-state index contributed by atoms with van der Waals surface area (Å²) in [5.74, 6) is 1.37. The molecule has 2 aliphatic rings. The zero-order chi connectivity index (χ0) is 22.7. The minimum Gasteiger partial charge on any atom is -0.353 e. The molecule has 6 nitrogen and oxygen atoms in total. The van der Waals surface area contributed by atoms with Crippen LogP contribution in [0.3, 0.4) is 0 Å². The molecule has 5 unspecified atom stereocenters. The minimum atomic E-state index is -0.186. The fraction of sp³-hybridized carbons (Fsp3) is 0.538. The summed E-state index contributed by atoms with van der Waals surface area (Å²) < 4.78 is 0. The first-order valence-corrected chi connectivity index (χ1v) is 11.8. The molecule has 1 aromatic carbocycles. The standard InChI is InChI=1S/C26H34N4O2/c1-17-8-9-21-14-22(25(31)29-24(21)19(17)3)16-30(26(32)23-15-27-11-12-28-23)13-10-20-7-5-4-6-18(20)2/h4-7,11-12,15,17,19,21-22,24H,8-10,13-14,16H2,1-3H3,(H,29,31). The number of nitrogens with zero attached hydrogens (tertiary/aromatic N) is 3. The lowest BCUT2D eigenvalue weighted by atomic mass is 9.67. The maximum absolute atomic E-state index is 13.3. The number of fused-ring (bicyclic) bond motifs is 1.